The van der Waals surface area contributed by atoms with E-state index in [4.69, 9.17) is 5.73 Å². The van der Waals surface area contributed by atoms with E-state index in [1.807, 2.05) is 0 Å². The van der Waals surface area contributed by atoms with Gasteiger partial charge < -0.3 is 5.73 Å². The van der Waals surface area contributed by atoms with Crippen molar-refractivity contribution in [2.24, 2.45) is 5.73 Å². The average molecular weight is 265 g/mol. The summed E-state index contributed by atoms with van der Waals surface area (Å²) >= 11 is 0. The molecular weight excluding hydrogens is 256 g/mol. The summed E-state index contributed by atoms with van der Waals surface area (Å²) in [4.78, 5) is 9.84. The van der Waals surface area contributed by atoms with Crippen molar-refractivity contribution >= 4 is 27.9 Å². The number of nitrogens with zero attached hydrogens (tertiary/aromatic N) is 1. The molecule has 2 N–H and O–H groups in total. The Morgan fingerprint density at radius 1 is 1.44 bits per heavy atom. The summed E-state index contributed by atoms with van der Waals surface area (Å²) in [5.74, 6) is -0.177. The summed E-state index contributed by atoms with van der Waals surface area (Å²) in [6.07, 6.45) is 0. The van der Waals surface area contributed by atoms with Crippen LogP contribution in [0, 0.1) is 10.1 Å². The maximum atomic E-state index is 11.5. The molecule has 0 aromatic heterocycles. The summed E-state index contributed by atoms with van der Waals surface area (Å²) < 4.78 is 23.1. The highest BCUT2D eigenvalue weighted by Gasteiger charge is 2.33. The zero-order valence-corrected chi connectivity index (χ0v) is 9.62. The Morgan fingerprint density at radius 2 is 2.06 bits per heavy atom. The van der Waals surface area contributed by atoms with Crippen molar-refractivity contribution in [2.45, 2.75) is 10.9 Å². The van der Waals surface area contributed by atoms with Crippen LogP contribution in [0.25, 0.3) is 0 Å². The van der Waals surface area contributed by atoms with Crippen LogP contribution in [0.5, 0.6) is 0 Å². The molecule has 1 atom stereocenters. The minimum Gasteiger partial charge on any atom is -0.323 e. The minimum absolute atomic E-state index is 0. The van der Waals surface area contributed by atoms with Gasteiger partial charge in [0.25, 0.3) is 5.69 Å². The molecule has 16 heavy (non-hydrogen) atoms. The number of rotatable bonds is 1. The highest BCUT2D eigenvalue weighted by atomic mass is 35.5. The summed E-state index contributed by atoms with van der Waals surface area (Å²) in [7, 11) is -3.44. The number of hydrogen-bond donors (Lipinski definition) is 1. The molecular formula is C8H9ClN2O4S. The van der Waals surface area contributed by atoms with E-state index < -0.39 is 20.8 Å². The summed E-state index contributed by atoms with van der Waals surface area (Å²) in [5.41, 5.74) is 5.83. The van der Waals surface area contributed by atoms with Gasteiger partial charge in [0.1, 0.15) is 0 Å². The number of nitro groups is 1. The van der Waals surface area contributed by atoms with E-state index in [2.05, 4.69) is 0 Å². The van der Waals surface area contributed by atoms with E-state index >= 15 is 0 Å². The van der Waals surface area contributed by atoms with Crippen LogP contribution in [0.1, 0.15) is 11.6 Å². The third-order valence-corrected chi connectivity index (χ3v) is 4.16. The number of non-ortho nitro benzene ring substituents is 1. The molecule has 0 spiro atoms. The first-order valence-electron chi connectivity index (χ1n) is 4.18. The van der Waals surface area contributed by atoms with Gasteiger partial charge in [0, 0.05) is 18.2 Å². The zero-order valence-electron chi connectivity index (χ0n) is 7.99. The van der Waals surface area contributed by atoms with Crippen LogP contribution in [0.2, 0.25) is 0 Å². The van der Waals surface area contributed by atoms with Crippen LogP contribution in [-0.4, -0.2) is 19.1 Å². The highest BCUT2D eigenvalue weighted by Crippen LogP contribution is 2.34. The van der Waals surface area contributed by atoms with Gasteiger partial charge in [-0.3, -0.25) is 10.1 Å². The van der Waals surface area contributed by atoms with Crippen LogP contribution < -0.4 is 5.73 Å². The van der Waals surface area contributed by atoms with E-state index in [-0.39, 0.29) is 28.7 Å². The Bertz CT molecular complexity index is 543. The second-order valence-electron chi connectivity index (χ2n) is 3.37. The molecule has 1 aromatic rings. The molecule has 0 saturated carbocycles. The topological polar surface area (TPSA) is 103 Å². The minimum atomic E-state index is -3.44. The fourth-order valence-corrected chi connectivity index (χ4v) is 3.34. The Kier molecular flexibility index (Phi) is 3.22. The molecule has 2 rings (SSSR count). The van der Waals surface area contributed by atoms with Crippen LogP contribution >= 0.6 is 12.4 Å². The maximum Gasteiger partial charge on any atom is 0.270 e. The molecule has 88 valence electrons. The molecule has 1 unspecified atom stereocenters. The van der Waals surface area contributed by atoms with Gasteiger partial charge in [-0.1, -0.05) is 0 Å². The van der Waals surface area contributed by atoms with E-state index in [9.17, 15) is 18.5 Å². The molecule has 6 nitrogen and oxygen atoms in total. The average Bonchev–Trinajstić information content (AvgIpc) is 2.37. The van der Waals surface area contributed by atoms with Gasteiger partial charge in [-0.15, -0.1) is 12.4 Å². The zero-order chi connectivity index (χ0) is 11.2. The lowest BCUT2D eigenvalue weighted by Gasteiger charge is -2.00. The normalized spacial score (nSPS) is 20.9. The molecule has 0 bridgehead atoms. The Balaban J connectivity index is 0.00000128. The van der Waals surface area contributed by atoms with Crippen molar-refractivity contribution in [3.8, 4) is 0 Å². The highest BCUT2D eigenvalue weighted by molar-refractivity contribution is 7.91. The van der Waals surface area contributed by atoms with E-state index in [1.165, 1.54) is 12.1 Å². The fraction of sp³-hybridized carbons (Fsp3) is 0.250. The van der Waals surface area contributed by atoms with Gasteiger partial charge in [0.15, 0.2) is 9.84 Å². The van der Waals surface area contributed by atoms with Crippen molar-refractivity contribution in [1.29, 1.82) is 0 Å². The number of benzene rings is 1. The molecule has 1 aliphatic rings. The second kappa shape index (κ2) is 4.00. The van der Waals surface area contributed by atoms with Gasteiger partial charge in [0.05, 0.1) is 15.6 Å². The van der Waals surface area contributed by atoms with Crippen molar-refractivity contribution in [1.82, 2.24) is 0 Å². The number of fused-ring (bicyclic) bond motifs is 1. The predicted molar refractivity (Wildman–Crippen MR) is 59.3 cm³/mol. The largest absolute Gasteiger partial charge is 0.323 e. The van der Waals surface area contributed by atoms with Crippen LogP contribution in [0.3, 0.4) is 0 Å². The Labute approximate surface area is 97.9 Å². The summed E-state index contributed by atoms with van der Waals surface area (Å²) in [5, 5.41) is 10.5. The van der Waals surface area contributed by atoms with E-state index in [0.29, 0.717) is 5.56 Å². The smallest absolute Gasteiger partial charge is 0.270 e. The van der Waals surface area contributed by atoms with Crippen molar-refractivity contribution in [3.05, 3.63) is 33.9 Å². The lowest BCUT2D eigenvalue weighted by Crippen LogP contribution is -2.11. The van der Waals surface area contributed by atoms with Gasteiger partial charge in [0.2, 0.25) is 0 Å². The first-order chi connectivity index (χ1) is 6.92. The second-order valence-corrected chi connectivity index (χ2v) is 5.37. The maximum absolute atomic E-state index is 11.5. The lowest BCUT2D eigenvalue weighted by molar-refractivity contribution is -0.385. The van der Waals surface area contributed by atoms with Gasteiger partial charge in [-0.05, 0) is 11.6 Å². The third kappa shape index (κ3) is 1.89. The van der Waals surface area contributed by atoms with Crippen LogP contribution in [-0.2, 0) is 9.84 Å². The fourth-order valence-electron chi connectivity index (χ4n) is 1.63. The van der Waals surface area contributed by atoms with Gasteiger partial charge in [-0.2, -0.15) is 0 Å². The molecule has 1 aliphatic heterocycles. The van der Waals surface area contributed by atoms with Crippen LogP contribution in [0.4, 0.5) is 5.69 Å². The molecule has 0 radical (unpaired) electrons. The van der Waals surface area contributed by atoms with Gasteiger partial charge in [-0.25, -0.2) is 8.42 Å². The van der Waals surface area contributed by atoms with Gasteiger partial charge >= 0.3 is 0 Å². The summed E-state index contributed by atoms with van der Waals surface area (Å²) in [6.45, 7) is 0. The summed E-state index contributed by atoms with van der Waals surface area (Å²) in [6, 6.07) is 3.16. The number of hydrogen-bond acceptors (Lipinski definition) is 5. The molecule has 0 aliphatic carbocycles. The lowest BCUT2D eigenvalue weighted by atomic mass is 10.1. The first kappa shape index (κ1) is 12.9. The van der Waals surface area contributed by atoms with E-state index in [1.54, 1.807) is 0 Å². The Morgan fingerprint density at radius 3 is 2.62 bits per heavy atom. The molecule has 8 heteroatoms. The van der Waals surface area contributed by atoms with Crippen LogP contribution in [0.15, 0.2) is 23.1 Å². The van der Waals surface area contributed by atoms with E-state index in [0.717, 1.165) is 6.07 Å². The Hall–Kier alpha value is -1.18. The molecule has 0 fully saturated rings. The molecule has 1 aromatic carbocycles. The first-order valence-corrected chi connectivity index (χ1v) is 5.84. The number of sulfone groups is 1. The number of halogens is 1. The number of nitro benzene ring substituents is 1. The predicted octanol–water partition coefficient (Wildman–Crippen LogP) is 0.804. The third-order valence-electron chi connectivity index (χ3n) is 2.34. The van der Waals surface area contributed by atoms with Crippen molar-refractivity contribution in [2.75, 3.05) is 5.75 Å². The standard InChI is InChI=1S/C8H8N2O4S.ClH/c9-7-4-15(13,14)8-3-5(10(11)12)1-2-6(7)8;/h1-3,7H,4,9H2;1H. The molecule has 0 amide bonds. The quantitative estimate of drug-likeness (QED) is 0.597. The van der Waals surface area contributed by atoms with Crippen molar-refractivity contribution < 1.29 is 13.3 Å². The molecule has 1 heterocycles. The molecule has 0 saturated heterocycles. The van der Waals surface area contributed by atoms with Crippen molar-refractivity contribution in [3.63, 3.8) is 0 Å². The monoisotopic (exact) mass is 264 g/mol. The number of nitrogens with two attached hydrogens (primary N) is 1. The SMILES string of the molecule is Cl.NC1CS(=O)(=O)c2cc([N+](=O)[O-])ccc21.